The number of methoxy groups -OCH3 is 1. The summed E-state index contributed by atoms with van der Waals surface area (Å²) in [5.41, 5.74) is 2.55. The molecule has 1 unspecified atom stereocenters. The molecule has 2 amide bonds. The van der Waals surface area contributed by atoms with E-state index in [0.717, 1.165) is 53.9 Å². The Labute approximate surface area is 235 Å². The first-order valence-electron chi connectivity index (χ1n) is 13.6. The first-order valence-corrected chi connectivity index (χ1v) is 14.0. The number of halogens is 1. The van der Waals surface area contributed by atoms with Gasteiger partial charge in [0.15, 0.2) is 7.11 Å². The van der Waals surface area contributed by atoms with Gasteiger partial charge in [0.2, 0.25) is 11.8 Å². The summed E-state index contributed by atoms with van der Waals surface area (Å²) in [7, 11) is 3.39. The second kappa shape index (κ2) is 11.7. The maximum absolute atomic E-state index is 14.1. The van der Waals surface area contributed by atoms with E-state index in [4.69, 9.17) is 16.3 Å². The normalized spacial score (nSPS) is 20.0. The SMILES string of the molecule is COc1ccc(CNC(=O)C(c2ccc(Cl)cc2)N(C(=O)CCc2ccc([OH+]C)cc2)C23CCC(C2)C3)cc1. The molecule has 0 heterocycles. The molecule has 3 saturated carbocycles. The van der Waals surface area contributed by atoms with E-state index < -0.39 is 6.04 Å². The Hall–Kier alpha value is -3.51. The van der Waals surface area contributed by atoms with Crippen molar-refractivity contribution in [1.29, 1.82) is 0 Å². The Balaban J connectivity index is 1.41. The molecule has 1 atom stereocenters. The van der Waals surface area contributed by atoms with Gasteiger partial charge in [0, 0.05) is 35.7 Å². The van der Waals surface area contributed by atoms with E-state index in [9.17, 15) is 9.59 Å². The van der Waals surface area contributed by atoms with Crippen molar-refractivity contribution in [3.63, 3.8) is 0 Å². The predicted octanol–water partition coefficient (Wildman–Crippen LogP) is 5.98. The molecule has 0 saturated heterocycles. The minimum atomic E-state index is -0.728. The summed E-state index contributed by atoms with van der Waals surface area (Å²) in [6.07, 6.45) is 4.91. The summed E-state index contributed by atoms with van der Waals surface area (Å²) >= 11 is 6.21. The van der Waals surface area contributed by atoms with Crippen LogP contribution < -0.4 is 10.1 Å². The van der Waals surface area contributed by atoms with Crippen molar-refractivity contribution in [3.05, 3.63) is 94.5 Å². The molecule has 39 heavy (non-hydrogen) atoms. The lowest BCUT2D eigenvalue weighted by atomic mass is 9.74. The number of nitrogens with one attached hydrogen (secondary N) is 1. The second-order valence-electron chi connectivity index (χ2n) is 10.7. The quantitative estimate of drug-likeness (QED) is 0.300. The van der Waals surface area contributed by atoms with Crippen molar-refractivity contribution in [3.8, 4) is 11.5 Å². The van der Waals surface area contributed by atoms with Crippen molar-refractivity contribution >= 4 is 23.4 Å². The highest BCUT2D eigenvalue weighted by Crippen LogP contribution is 2.57. The number of amides is 2. The molecule has 0 spiro atoms. The van der Waals surface area contributed by atoms with Gasteiger partial charge in [-0.25, -0.2) is 0 Å². The number of hydrogen-bond acceptors (Lipinski definition) is 3. The molecular weight excluding hydrogens is 512 g/mol. The molecule has 0 aliphatic heterocycles. The molecule has 204 valence electrons. The average molecular weight is 548 g/mol. The van der Waals surface area contributed by atoms with E-state index >= 15 is 0 Å². The van der Waals surface area contributed by atoms with E-state index in [-0.39, 0.29) is 17.4 Å². The molecule has 6 nitrogen and oxygen atoms in total. The molecule has 3 aromatic carbocycles. The highest BCUT2D eigenvalue weighted by Gasteiger charge is 2.57. The summed E-state index contributed by atoms with van der Waals surface area (Å²) in [6.45, 7) is 0.361. The standard InChI is InChI=1S/C32H35ClN2O4/c1-38-27-12-3-22(4-13-27)7-16-29(36)35(32-18-17-24(19-32)20-32)30(25-8-10-26(33)11-9-25)31(37)34-21-23-5-14-28(39-2)15-6-23/h3-6,8-15,24,30H,7,16-21H2,1-2H3,(H,34,37)/p+1. The zero-order valence-corrected chi connectivity index (χ0v) is 23.3. The third-order valence-corrected chi connectivity index (χ3v) is 8.53. The van der Waals surface area contributed by atoms with Crippen molar-refractivity contribution in [2.75, 3.05) is 14.2 Å². The van der Waals surface area contributed by atoms with Crippen LogP contribution in [0.25, 0.3) is 0 Å². The maximum Gasteiger partial charge on any atom is 0.254 e. The largest absolute Gasteiger partial charge is 0.585 e. The van der Waals surface area contributed by atoms with Crippen molar-refractivity contribution in [2.45, 2.75) is 56.7 Å². The molecular formula is C32H36ClN2O4+. The molecule has 2 bridgehead atoms. The van der Waals surface area contributed by atoms with Crippen molar-refractivity contribution in [1.82, 2.24) is 10.2 Å². The van der Waals surface area contributed by atoms with E-state index in [1.807, 2.05) is 65.6 Å². The minimum Gasteiger partial charge on any atom is -0.585 e. The zero-order chi connectivity index (χ0) is 27.4. The molecule has 2 N–H and O–H groups in total. The van der Waals surface area contributed by atoms with Gasteiger partial charge in [0.05, 0.1) is 7.11 Å². The lowest BCUT2D eigenvalue weighted by Gasteiger charge is -2.51. The number of rotatable bonds is 11. The van der Waals surface area contributed by atoms with Gasteiger partial charge in [-0.1, -0.05) is 35.9 Å². The van der Waals surface area contributed by atoms with Crippen LogP contribution >= 0.6 is 11.6 Å². The van der Waals surface area contributed by atoms with Crippen LogP contribution in [0.15, 0.2) is 72.8 Å². The number of hydrogen-bond donors (Lipinski definition) is 1. The number of carbonyl (C=O) groups excluding carboxylic acids is 2. The van der Waals surface area contributed by atoms with Gasteiger partial charge in [-0.3, -0.25) is 9.59 Å². The van der Waals surface area contributed by atoms with E-state index in [0.29, 0.717) is 30.3 Å². The zero-order valence-electron chi connectivity index (χ0n) is 22.5. The topological polar surface area (TPSA) is 71.4 Å². The number of aliphatic hydroxyl groups is 1. The van der Waals surface area contributed by atoms with E-state index in [1.165, 1.54) is 0 Å². The lowest BCUT2D eigenvalue weighted by molar-refractivity contribution is -0.152. The highest BCUT2D eigenvalue weighted by molar-refractivity contribution is 6.30. The Morgan fingerprint density at radius 1 is 1.03 bits per heavy atom. The summed E-state index contributed by atoms with van der Waals surface area (Å²) in [5.74, 6) is 2.14. The van der Waals surface area contributed by atoms with Gasteiger partial charge >= 0.3 is 0 Å². The number of aromatic hydroxyl groups is 1. The van der Waals surface area contributed by atoms with Crippen LogP contribution in [0.3, 0.4) is 0 Å². The van der Waals surface area contributed by atoms with E-state index in [1.54, 1.807) is 26.4 Å². The fraction of sp³-hybridized carbons (Fsp3) is 0.375. The van der Waals surface area contributed by atoms with Gasteiger partial charge in [-0.15, -0.1) is 0 Å². The fourth-order valence-corrected chi connectivity index (χ4v) is 6.30. The van der Waals surface area contributed by atoms with Gasteiger partial charge in [-0.2, -0.15) is 0 Å². The molecule has 7 heteroatoms. The van der Waals surface area contributed by atoms with Crippen LogP contribution in [0.1, 0.15) is 54.8 Å². The first kappa shape index (κ1) is 27.1. The predicted molar refractivity (Wildman–Crippen MR) is 153 cm³/mol. The third kappa shape index (κ3) is 5.91. The van der Waals surface area contributed by atoms with Gasteiger partial charge in [0.25, 0.3) is 5.75 Å². The number of aryl methyl sites for hydroxylation is 1. The van der Waals surface area contributed by atoms with Crippen LogP contribution in [0.4, 0.5) is 0 Å². The summed E-state index contributed by atoms with van der Waals surface area (Å²) < 4.78 is 9.45. The Morgan fingerprint density at radius 2 is 1.69 bits per heavy atom. The summed E-state index contributed by atoms with van der Waals surface area (Å²) in [4.78, 5) is 30.0. The molecule has 3 fully saturated rings. The third-order valence-electron chi connectivity index (χ3n) is 8.28. The monoisotopic (exact) mass is 547 g/mol. The van der Waals surface area contributed by atoms with Crippen LogP contribution in [-0.4, -0.2) is 41.2 Å². The molecule has 3 aromatic rings. The molecule has 3 aliphatic carbocycles. The minimum absolute atomic E-state index is 0.0131. The smallest absolute Gasteiger partial charge is 0.254 e. The number of fused-ring (bicyclic) bond motifs is 1. The number of ether oxygens (including phenoxy) is 2. The average Bonchev–Trinajstić information content (AvgIpc) is 3.57. The summed E-state index contributed by atoms with van der Waals surface area (Å²) in [5, 5.41) is 3.71. The van der Waals surface area contributed by atoms with Gasteiger partial charge < -0.3 is 19.7 Å². The maximum atomic E-state index is 14.1. The summed E-state index contributed by atoms with van der Waals surface area (Å²) in [6, 6.07) is 22.2. The van der Waals surface area contributed by atoms with Gasteiger partial charge in [0.1, 0.15) is 11.8 Å². The Kier molecular flexibility index (Phi) is 8.12. The van der Waals surface area contributed by atoms with Crippen LogP contribution in [0.5, 0.6) is 11.5 Å². The molecule has 0 radical (unpaired) electrons. The van der Waals surface area contributed by atoms with Crippen LogP contribution in [0, 0.1) is 5.92 Å². The Bertz CT molecular complexity index is 1280. The van der Waals surface area contributed by atoms with Crippen molar-refractivity contribution < 1.29 is 19.1 Å². The number of carbonyl (C=O) groups is 2. The Morgan fingerprint density at radius 3 is 2.28 bits per heavy atom. The van der Waals surface area contributed by atoms with Crippen LogP contribution in [-0.2, 0) is 22.6 Å². The van der Waals surface area contributed by atoms with Crippen molar-refractivity contribution in [2.24, 2.45) is 5.92 Å². The van der Waals surface area contributed by atoms with Crippen LogP contribution in [0.2, 0.25) is 5.02 Å². The molecule has 0 aromatic heterocycles. The fourth-order valence-electron chi connectivity index (χ4n) is 6.17. The molecule has 6 rings (SSSR count). The highest BCUT2D eigenvalue weighted by atomic mass is 35.5. The number of benzene rings is 3. The van der Waals surface area contributed by atoms with Gasteiger partial charge in [-0.05, 0) is 91.1 Å². The molecule has 3 aliphatic rings. The lowest BCUT2D eigenvalue weighted by Crippen LogP contribution is -2.58. The second-order valence-corrected chi connectivity index (χ2v) is 11.1. The number of nitrogens with zero attached hydrogens (tertiary/aromatic N) is 1. The van der Waals surface area contributed by atoms with E-state index in [2.05, 4.69) is 10.1 Å². The first-order chi connectivity index (χ1) is 18.9.